The lowest BCUT2D eigenvalue weighted by Gasteiger charge is -1.99. The molecule has 0 amide bonds. The largest absolute Gasteiger partial charge is 0.198 e. The van der Waals surface area contributed by atoms with Gasteiger partial charge in [-0.15, -0.1) is 0 Å². The second-order valence-electron chi connectivity index (χ2n) is 2.59. The summed E-state index contributed by atoms with van der Waals surface area (Å²) in [5, 5.41) is 9.10. The van der Waals surface area contributed by atoms with Crippen molar-refractivity contribution >= 4 is 23.4 Å². The maximum atomic E-state index is 8.32. The van der Waals surface area contributed by atoms with Gasteiger partial charge in [-0.3, -0.25) is 0 Å². The summed E-state index contributed by atoms with van der Waals surface area (Å²) in [5.74, 6) is 1.82. The molecule has 0 unspecified atom stereocenters. The van der Waals surface area contributed by atoms with Gasteiger partial charge in [-0.1, -0.05) is 23.7 Å². The third kappa shape index (κ3) is 4.21. The fourth-order valence-corrected chi connectivity index (χ4v) is 1.94. The summed E-state index contributed by atoms with van der Waals surface area (Å²) in [6.07, 6.45) is 0.616. The first kappa shape index (κ1) is 10.4. The first-order valence-corrected chi connectivity index (χ1v) is 5.55. The minimum absolute atomic E-state index is 0.616. The lowest BCUT2D eigenvalue weighted by atomic mass is 10.2. The van der Waals surface area contributed by atoms with Crippen molar-refractivity contribution in [2.45, 2.75) is 12.2 Å². The van der Waals surface area contributed by atoms with Crippen molar-refractivity contribution in [3.05, 3.63) is 34.9 Å². The van der Waals surface area contributed by atoms with E-state index in [9.17, 15) is 0 Å². The van der Waals surface area contributed by atoms with Crippen LogP contribution in [-0.4, -0.2) is 5.75 Å². The summed E-state index contributed by atoms with van der Waals surface area (Å²) in [7, 11) is 0. The lowest BCUT2D eigenvalue weighted by molar-refractivity contribution is 1.23. The Kier molecular flexibility index (Phi) is 4.74. The molecule has 0 saturated heterocycles. The second kappa shape index (κ2) is 5.90. The number of nitrogens with zero attached hydrogens (tertiary/aromatic N) is 1. The van der Waals surface area contributed by atoms with Crippen LogP contribution in [0, 0.1) is 11.3 Å². The van der Waals surface area contributed by atoms with Crippen LogP contribution in [0.2, 0.25) is 5.02 Å². The van der Waals surface area contributed by atoms with Gasteiger partial charge in [0, 0.05) is 22.9 Å². The smallest absolute Gasteiger partial charge is 0.0630 e. The molecule has 1 nitrogen and oxygen atoms in total. The van der Waals surface area contributed by atoms with E-state index in [0.717, 1.165) is 16.5 Å². The zero-order chi connectivity index (χ0) is 9.52. The molecule has 1 aromatic rings. The van der Waals surface area contributed by atoms with Crippen LogP contribution in [0.25, 0.3) is 0 Å². The fourth-order valence-electron chi connectivity index (χ4n) is 0.935. The van der Waals surface area contributed by atoms with Crippen LogP contribution >= 0.6 is 23.4 Å². The summed E-state index contributed by atoms with van der Waals surface area (Å²) in [6, 6.07) is 9.94. The first-order chi connectivity index (χ1) is 6.33. The summed E-state index contributed by atoms with van der Waals surface area (Å²) < 4.78 is 0. The molecule has 0 saturated carbocycles. The van der Waals surface area contributed by atoms with E-state index in [2.05, 4.69) is 6.07 Å². The maximum Gasteiger partial charge on any atom is 0.0630 e. The molecule has 0 heterocycles. The van der Waals surface area contributed by atoms with E-state index < -0.39 is 0 Å². The maximum absolute atomic E-state index is 8.32. The summed E-state index contributed by atoms with van der Waals surface area (Å²) in [5.41, 5.74) is 1.22. The van der Waals surface area contributed by atoms with Gasteiger partial charge in [0.1, 0.15) is 0 Å². The second-order valence-corrected chi connectivity index (χ2v) is 4.13. The molecule has 1 rings (SSSR count). The third-order valence-corrected chi connectivity index (χ3v) is 2.78. The highest BCUT2D eigenvalue weighted by Gasteiger charge is 1.94. The Balaban J connectivity index is 2.33. The topological polar surface area (TPSA) is 23.8 Å². The van der Waals surface area contributed by atoms with Gasteiger partial charge in [0.05, 0.1) is 6.07 Å². The average Bonchev–Trinajstić information content (AvgIpc) is 2.13. The Morgan fingerprint density at radius 3 is 3.00 bits per heavy atom. The van der Waals surface area contributed by atoms with Crippen LogP contribution in [-0.2, 0) is 5.75 Å². The molecular weight excluding hydrogens is 202 g/mol. The Bertz CT molecular complexity index is 306. The van der Waals surface area contributed by atoms with Gasteiger partial charge in [-0.05, 0) is 17.7 Å². The van der Waals surface area contributed by atoms with Gasteiger partial charge in [0.15, 0.2) is 0 Å². The predicted octanol–water partition coefficient (Wildman–Crippen LogP) is 3.49. The van der Waals surface area contributed by atoms with Gasteiger partial charge >= 0.3 is 0 Å². The molecule has 3 heteroatoms. The van der Waals surface area contributed by atoms with Crippen LogP contribution in [0.3, 0.4) is 0 Å². The van der Waals surface area contributed by atoms with Crippen LogP contribution in [0.5, 0.6) is 0 Å². The number of nitriles is 1. The number of thioether (sulfide) groups is 1. The Morgan fingerprint density at radius 1 is 1.46 bits per heavy atom. The van der Waals surface area contributed by atoms with Crippen molar-refractivity contribution < 1.29 is 0 Å². The van der Waals surface area contributed by atoms with E-state index in [1.165, 1.54) is 5.56 Å². The minimum atomic E-state index is 0.616. The normalized spacial score (nSPS) is 9.54. The number of benzene rings is 1. The van der Waals surface area contributed by atoms with E-state index in [1.54, 1.807) is 11.8 Å². The van der Waals surface area contributed by atoms with E-state index in [-0.39, 0.29) is 0 Å². The quantitative estimate of drug-likeness (QED) is 0.712. The monoisotopic (exact) mass is 211 g/mol. The fraction of sp³-hybridized carbons (Fsp3) is 0.300. The number of hydrogen-bond acceptors (Lipinski definition) is 2. The van der Waals surface area contributed by atoms with Crippen molar-refractivity contribution in [2.75, 3.05) is 5.75 Å². The van der Waals surface area contributed by atoms with Crippen molar-refractivity contribution in [1.29, 1.82) is 5.26 Å². The molecule has 0 aromatic heterocycles. The molecule has 13 heavy (non-hydrogen) atoms. The molecule has 0 spiro atoms. The molecule has 0 bridgehead atoms. The molecule has 0 aliphatic rings. The highest BCUT2D eigenvalue weighted by Crippen LogP contribution is 2.16. The summed E-state index contributed by atoms with van der Waals surface area (Å²) in [4.78, 5) is 0. The number of rotatable bonds is 4. The van der Waals surface area contributed by atoms with Gasteiger partial charge in [-0.25, -0.2) is 0 Å². The van der Waals surface area contributed by atoms with E-state index in [4.69, 9.17) is 16.9 Å². The first-order valence-electron chi connectivity index (χ1n) is 4.02. The van der Waals surface area contributed by atoms with Crippen LogP contribution in [0.1, 0.15) is 12.0 Å². The van der Waals surface area contributed by atoms with E-state index >= 15 is 0 Å². The van der Waals surface area contributed by atoms with Crippen LogP contribution < -0.4 is 0 Å². The Hall–Kier alpha value is -0.650. The number of halogens is 1. The zero-order valence-corrected chi connectivity index (χ0v) is 8.74. The van der Waals surface area contributed by atoms with Gasteiger partial charge in [-0.2, -0.15) is 17.0 Å². The van der Waals surface area contributed by atoms with Crippen LogP contribution in [0.4, 0.5) is 0 Å². The van der Waals surface area contributed by atoms with Crippen molar-refractivity contribution in [2.24, 2.45) is 0 Å². The zero-order valence-electron chi connectivity index (χ0n) is 7.16. The minimum Gasteiger partial charge on any atom is -0.198 e. The van der Waals surface area contributed by atoms with Gasteiger partial charge in [0.2, 0.25) is 0 Å². The van der Waals surface area contributed by atoms with Crippen molar-refractivity contribution in [3.8, 4) is 6.07 Å². The molecule has 0 fully saturated rings. The average molecular weight is 212 g/mol. The molecule has 1 aromatic carbocycles. The highest BCUT2D eigenvalue weighted by molar-refractivity contribution is 7.98. The number of hydrogen-bond donors (Lipinski definition) is 0. The molecule has 0 aliphatic heterocycles. The van der Waals surface area contributed by atoms with Crippen LogP contribution in [0.15, 0.2) is 24.3 Å². The SMILES string of the molecule is N#CCCSCc1cccc(Cl)c1. The molecule has 0 radical (unpaired) electrons. The predicted molar refractivity (Wildman–Crippen MR) is 57.8 cm³/mol. The molecule has 0 N–H and O–H groups in total. The standard InChI is InChI=1S/C10H10ClNS/c11-10-4-1-3-9(7-10)8-13-6-2-5-12/h1,3-4,7H,2,6,8H2. The molecular formula is C10H10ClNS. The van der Waals surface area contributed by atoms with E-state index in [0.29, 0.717) is 6.42 Å². The third-order valence-electron chi connectivity index (χ3n) is 1.52. The molecule has 68 valence electrons. The Morgan fingerprint density at radius 2 is 2.31 bits per heavy atom. The Labute approximate surface area is 87.7 Å². The lowest BCUT2D eigenvalue weighted by Crippen LogP contribution is -1.82. The molecule has 0 aliphatic carbocycles. The van der Waals surface area contributed by atoms with Crippen molar-refractivity contribution in [3.63, 3.8) is 0 Å². The summed E-state index contributed by atoms with van der Waals surface area (Å²) >= 11 is 7.58. The van der Waals surface area contributed by atoms with Gasteiger partial charge in [0.25, 0.3) is 0 Å². The van der Waals surface area contributed by atoms with Crippen molar-refractivity contribution in [1.82, 2.24) is 0 Å². The summed E-state index contributed by atoms with van der Waals surface area (Å²) in [6.45, 7) is 0. The highest BCUT2D eigenvalue weighted by atomic mass is 35.5. The van der Waals surface area contributed by atoms with E-state index in [1.807, 2.05) is 24.3 Å². The van der Waals surface area contributed by atoms with Gasteiger partial charge < -0.3 is 0 Å². The molecule has 0 atom stereocenters.